The molecule has 2 N–H and O–H groups in total. The largest absolute Gasteiger partial charge is 0.322 e. The Bertz CT molecular complexity index is 759. The van der Waals surface area contributed by atoms with Crippen LogP contribution in [0.25, 0.3) is 0 Å². The molecule has 0 aromatic heterocycles. The van der Waals surface area contributed by atoms with Crippen LogP contribution < -0.4 is 10.6 Å². The molecule has 0 atom stereocenters. The summed E-state index contributed by atoms with van der Waals surface area (Å²) in [5.41, 5.74) is 5.20. The Labute approximate surface area is 123 Å². The fourth-order valence-electron chi connectivity index (χ4n) is 2.46. The van der Waals surface area contributed by atoms with Gasteiger partial charge in [-0.05, 0) is 47.9 Å². The minimum atomic E-state index is -0.150. The Kier molecular flexibility index (Phi) is 3.43. The lowest BCUT2D eigenvalue weighted by atomic mass is 10.1. The summed E-state index contributed by atoms with van der Waals surface area (Å²) in [6, 6.07) is 13.1. The molecule has 0 bridgehead atoms. The van der Waals surface area contributed by atoms with Crippen LogP contribution in [-0.4, -0.2) is 5.91 Å². The van der Waals surface area contributed by atoms with Gasteiger partial charge in [-0.25, -0.2) is 0 Å². The number of amides is 1. The van der Waals surface area contributed by atoms with Crippen molar-refractivity contribution in [1.29, 1.82) is 5.26 Å². The number of aryl methyl sites for hydroxylation is 1. The van der Waals surface area contributed by atoms with E-state index in [4.69, 9.17) is 5.26 Å². The standard InChI is InChI=1S/C17H15N3O/c1-11-2-3-12(8-18)6-16(11)20-17(21)13-4-5-14-9-19-10-15(14)7-13/h2-7,19H,9-10H2,1H3,(H,20,21). The molecule has 0 spiro atoms. The first-order valence-electron chi connectivity index (χ1n) is 6.82. The summed E-state index contributed by atoms with van der Waals surface area (Å²) >= 11 is 0. The lowest BCUT2D eigenvalue weighted by Gasteiger charge is -2.09. The summed E-state index contributed by atoms with van der Waals surface area (Å²) < 4.78 is 0. The van der Waals surface area contributed by atoms with E-state index in [1.54, 1.807) is 12.1 Å². The summed E-state index contributed by atoms with van der Waals surface area (Å²) in [7, 11) is 0. The number of nitriles is 1. The van der Waals surface area contributed by atoms with Gasteiger partial charge in [0.15, 0.2) is 0 Å². The van der Waals surface area contributed by atoms with E-state index < -0.39 is 0 Å². The summed E-state index contributed by atoms with van der Waals surface area (Å²) in [5, 5.41) is 15.1. The third kappa shape index (κ3) is 2.64. The molecule has 2 aromatic carbocycles. The van der Waals surface area contributed by atoms with Crippen molar-refractivity contribution in [3.8, 4) is 6.07 Å². The monoisotopic (exact) mass is 277 g/mol. The van der Waals surface area contributed by atoms with Gasteiger partial charge in [-0.2, -0.15) is 5.26 Å². The number of nitrogens with one attached hydrogen (secondary N) is 2. The second-order valence-electron chi connectivity index (χ2n) is 5.18. The molecule has 104 valence electrons. The summed E-state index contributed by atoms with van der Waals surface area (Å²) in [6.07, 6.45) is 0. The highest BCUT2D eigenvalue weighted by molar-refractivity contribution is 6.04. The highest BCUT2D eigenvalue weighted by Gasteiger charge is 2.14. The highest BCUT2D eigenvalue weighted by Crippen LogP contribution is 2.20. The Balaban J connectivity index is 1.85. The average Bonchev–Trinajstić information content (AvgIpc) is 2.96. The number of hydrogen-bond donors (Lipinski definition) is 2. The van der Waals surface area contributed by atoms with Gasteiger partial charge < -0.3 is 10.6 Å². The molecule has 0 saturated carbocycles. The molecule has 0 radical (unpaired) electrons. The average molecular weight is 277 g/mol. The first-order chi connectivity index (χ1) is 10.2. The van der Waals surface area contributed by atoms with E-state index in [1.807, 2.05) is 31.2 Å². The lowest BCUT2D eigenvalue weighted by Crippen LogP contribution is -2.13. The zero-order valence-electron chi connectivity index (χ0n) is 11.7. The van der Waals surface area contributed by atoms with Crippen molar-refractivity contribution in [2.75, 3.05) is 5.32 Å². The van der Waals surface area contributed by atoms with Crippen LogP contribution in [0.5, 0.6) is 0 Å². The van der Waals surface area contributed by atoms with Gasteiger partial charge in [-0.3, -0.25) is 4.79 Å². The van der Waals surface area contributed by atoms with Crippen molar-refractivity contribution in [3.05, 3.63) is 64.2 Å². The van der Waals surface area contributed by atoms with Gasteiger partial charge in [0, 0.05) is 24.3 Å². The predicted molar refractivity (Wildman–Crippen MR) is 80.8 cm³/mol. The van der Waals surface area contributed by atoms with Crippen molar-refractivity contribution in [2.24, 2.45) is 0 Å². The molecule has 1 aliphatic rings. The molecule has 0 unspecified atom stereocenters. The molecule has 4 nitrogen and oxygen atoms in total. The molecule has 0 saturated heterocycles. The van der Waals surface area contributed by atoms with Crippen LogP contribution >= 0.6 is 0 Å². The summed E-state index contributed by atoms with van der Waals surface area (Å²) in [6.45, 7) is 3.57. The van der Waals surface area contributed by atoms with Gasteiger partial charge in [-0.1, -0.05) is 12.1 Å². The fraction of sp³-hybridized carbons (Fsp3) is 0.176. The maximum Gasteiger partial charge on any atom is 0.255 e. The van der Waals surface area contributed by atoms with Crippen molar-refractivity contribution in [1.82, 2.24) is 5.32 Å². The smallest absolute Gasteiger partial charge is 0.255 e. The Morgan fingerprint density at radius 3 is 2.81 bits per heavy atom. The van der Waals surface area contributed by atoms with Crippen LogP contribution in [-0.2, 0) is 13.1 Å². The van der Waals surface area contributed by atoms with Crippen LogP contribution in [0.1, 0.15) is 32.6 Å². The van der Waals surface area contributed by atoms with Gasteiger partial charge in [0.05, 0.1) is 11.6 Å². The van der Waals surface area contributed by atoms with Gasteiger partial charge >= 0.3 is 0 Å². The van der Waals surface area contributed by atoms with E-state index >= 15 is 0 Å². The van der Waals surface area contributed by atoms with Gasteiger partial charge in [0.25, 0.3) is 5.91 Å². The summed E-state index contributed by atoms with van der Waals surface area (Å²) in [4.78, 5) is 12.4. The normalized spacial score (nSPS) is 12.6. The number of benzene rings is 2. The number of fused-ring (bicyclic) bond motifs is 1. The molecule has 1 aliphatic heterocycles. The SMILES string of the molecule is Cc1ccc(C#N)cc1NC(=O)c1ccc2c(c1)CNC2. The highest BCUT2D eigenvalue weighted by atomic mass is 16.1. The molecule has 0 aliphatic carbocycles. The zero-order chi connectivity index (χ0) is 14.8. The number of hydrogen-bond acceptors (Lipinski definition) is 3. The minimum absolute atomic E-state index is 0.150. The molecule has 4 heteroatoms. The Hall–Kier alpha value is -2.64. The number of rotatable bonds is 2. The molecule has 21 heavy (non-hydrogen) atoms. The first kappa shape index (κ1) is 13.3. The topological polar surface area (TPSA) is 64.9 Å². The van der Waals surface area contributed by atoms with E-state index in [0.717, 1.165) is 18.7 Å². The number of carbonyl (C=O) groups is 1. The molecular weight excluding hydrogens is 262 g/mol. The van der Waals surface area contributed by atoms with Crippen molar-refractivity contribution in [3.63, 3.8) is 0 Å². The second-order valence-corrected chi connectivity index (χ2v) is 5.18. The maximum atomic E-state index is 12.4. The van der Waals surface area contributed by atoms with Crippen LogP contribution in [0.15, 0.2) is 36.4 Å². The van der Waals surface area contributed by atoms with Crippen LogP contribution in [0.3, 0.4) is 0 Å². The van der Waals surface area contributed by atoms with Gasteiger partial charge in [-0.15, -0.1) is 0 Å². The number of nitrogens with zero attached hydrogens (tertiary/aromatic N) is 1. The first-order valence-corrected chi connectivity index (χ1v) is 6.82. The van der Waals surface area contributed by atoms with E-state index in [1.165, 1.54) is 11.1 Å². The van der Waals surface area contributed by atoms with Crippen LogP contribution in [0, 0.1) is 18.3 Å². The van der Waals surface area contributed by atoms with Crippen molar-refractivity contribution >= 4 is 11.6 Å². The van der Waals surface area contributed by atoms with Gasteiger partial charge in [0.2, 0.25) is 0 Å². The minimum Gasteiger partial charge on any atom is -0.322 e. The van der Waals surface area contributed by atoms with Crippen LogP contribution in [0.4, 0.5) is 5.69 Å². The predicted octanol–water partition coefficient (Wildman–Crippen LogP) is 2.72. The Morgan fingerprint density at radius 2 is 2.00 bits per heavy atom. The van der Waals surface area contributed by atoms with E-state index in [2.05, 4.69) is 16.7 Å². The molecule has 0 fully saturated rings. The number of anilines is 1. The van der Waals surface area contributed by atoms with Crippen molar-refractivity contribution < 1.29 is 4.79 Å². The lowest BCUT2D eigenvalue weighted by molar-refractivity contribution is 0.102. The summed E-state index contributed by atoms with van der Waals surface area (Å²) in [5.74, 6) is -0.150. The second kappa shape index (κ2) is 5.39. The van der Waals surface area contributed by atoms with Gasteiger partial charge in [0.1, 0.15) is 0 Å². The molecule has 3 rings (SSSR count). The quantitative estimate of drug-likeness (QED) is 0.887. The van der Waals surface area contributed by atoms with Crippen molar-refractivity contribution in [2.45, 2.75) is 20.0 Å². The molecular formula is C17H15N3O. The zero-order valence-corrected chi connectivity index (χ0v) is 11.7. The molecule has 1 amide bonds. The molecule has 1 heterocycles. The van der Waals surface area contributed by atoms with E-state index in [-0.39, 0.29) is 5.91 Å². The third-order valence-corrected chi connectivity index (χ3v) is 3.71. The Morgan fingerprint density at radius 1 is 1.19 bits per heavy atom. The van der Waals surface area contributed by atoms with E-state index in [0.29, 0.717) is 16.8 Å². The van der Waals surface area contributed by atoms with E-state index in [9.17, 15) is 4.79 Å². The maximum absolute atomic E-state index is 12.4. The molecule has 2 aromatic rings. The van der Waals surface area contributed by atoms with Crippen LogP contribution in [0.2, 0.25) is 0 Å². The number of carbonyl (C=O) groups excluding carboxylic acids is 1. The fourth-order valence-corrected chi connectivity index (χ4v) is 2.46. The third-order valence-electron chi connectivity index (χ3n) is 3.71.